The molecular weight excluding hydrogens is 418 g/mol. The number of hydrogen-bond acceptors (Lipinski definition) is 5. The highest BCUT2D eigenvalue weighted by atomic mass is 16.5. The van der Waals surface area contributed by atoms with Crippen molar-refractivity contribution < 1.29 is 13.9 Å². The number of aromatic nitrogens is 2. The zero-order chi connectivity index (χ0) is 22.8. The number of nitrogens with one attached hydrogen (secondary N) is 1. The Kier molecular flexibility index (Phi) is 4.54. The van der Waals surface area contributed by atoms with Crippen LogP contribution in [0.25, 0.3) is 21.9 Å². The van der Waals surface area contributed by atoms with Crippen LogP contribution in [-0.4, -0.2) is 34.4 Å². The summed E-state index contributed by atoms with van der Waals surface area (Å²) in [6.07, 6.45) is 8.94. The van der Waals surface area contributed by atoms with Gasteiger partial charge in [0.25, 0.3) is 0 Å². The smallest absolute Gasteiger partial charge is 0.347 e. The van der Waals surface area contributed by atoms with Crippen molar-refractivity contribution >= 4 is 27.8 Å². The molecule has 0 saturated heterocycles. The third kappa shape index (κ3) is 3.57. The highest BCUT2D eigenvalue weighted by molar-refractivity contribution is 6.02. The number of carbonyl (C=O) groups excluding carboxylic acids is 1. The molecule has 2 aromatic heterocycles. The zero-order valence-corrected chi connectivity index (χ0v) is 19.4. The van der Waals surface area contributed by atoms with Crippen LogP contribution in [0.1, 0.15) is 52.4 Å². The Morgan fingerprint density at radius 2 is 1.91 bits per heavy atom. The molecule has 7 nitrogen and oxygen atoms in total. The van der Waals surface area contributed by atoms with E-state index in [0.717, 1.165) is 24.1 Å². The average Bonchev–Trinajstić information content (AvgIpc) is 3.13. The van der Waals surface area contributed by atoms with Gasteiger partial charge in [-0.2, -0.15) is 5.10 Å². The van der Waals surface area contributed by atoms with Crippen molar-refractivity contribution in [3.05, 3.63) is 40.9 Å². The second kappa shape index (κ2) is 7.16. The van der Waals surface area contributed by atoms with Gasteiger partial charge in [-0.05, 0) is 67.4 Å². The van der Waals surface area contributed by atoms with Crippen LogP contribution in [0.15, 0.2) is 39.7 Å². The van der Waals surface area contributed by atoms with Crippen molar-refractivity contribution in [3.8, 4) is 0 Å². The van der Waals surface area contributed by atoms with Crippen molar-refractivity contribution in [2.75, 3.05) is 13.2 Å². The van der Waals surface area contributed by atoms with Crippen LogP contribution in [0, 0.1) is 16.7 Å². The number of carbonyl (C=O) groups is 1. The maximum atomic E-state index is 12.7. The molecule has 3 aromatic rings. The first kappa shape index (κ1) is 20.9. The highest BCUT2D eigenvalue weighted by Crippen LogP contribution is 2.67. The lowest BCUT2D eigenvalue weighted by Gasteiger charge is -2.65. The highest BCUT2D eigenvalue weighted by Gasteiger charge is 2.60. The minimum Gasteiger partial charge on any atom is -0.422 e. The number of hydrogen-bond donors (Lipinski definition) is 1. The lowest BCUT2D eigenvalue weighted by atomic mass is 9.43. The van der Waals surface area contributed by atoms with E-state index in [-0.39, 0.29) is 18.1 Å². The Morgan fingerprint density at radius 1 is 1.15 bits per heavy atom. The lowest BCUT2D eigenvalue weighted by Crippen LogP contribution is -2.59. The van der Waals surface area contributed by atoms with Crippen LogP contribution in [0.5, 0.6) is 0 Å². The van der Waals surface area contributed by atoms with Gasteiger partial charge in [0, 0.05) is 11.9 Å². The molecule has 2 atom stereocenters. The van der Waals surface area contributed by atoms with Crippen LogP contribution in [0.2, 0.25) is 0 Å². The van der Waals surface area contributed by atoms with Gasteiger partial charge >= 0.3 is 5.63 Å². The predicted octanol–water partition coefficient (Wildman–Crippen LogP) is 4.02. The quantitative estimate of drug-likeness (QED) is 0.454. The first-order valence-corrected chi connectivity index (χ1v) is 12.0. The fourth-order valence-electron chi connectivity index (χ4n) is 8.00. The Hall–Kier alpha value is -2.67. The Labute approximate surface area is 192 Å². The molecule has 7 rings (SSSR count). The topological polar surface area (TPSA) is 86.4 Å². The van der Waals surface area contributed by atoms with E-state index in [1.165, 1.54) is 31.9 Å². The van der Waals surface area contributed by atoms with E-state index in [9.17, 15) is 9.59 Å². The van der Waals surface area contributed by atoms with Crippen molar-refractivity contribution in [2.45, 2.75) is 64.5 Å². The maximum Gasteiger partial charge on any atom is 0.347 e. The van der Waals surface area contributed by atoms with Gasteiger partial charge in [0.15, 0.2) is 0 Å². The molecule has 4 fully saturated rings. The van der Waals surface area contributed by atoms with Crippen molar-refractivity contribution in [2.24, 2.45) is 16.7 Å². The molecule has 4 aliphatic carbocycles. The van der Waals surface area contributed by atoms with Crippen LogP contribution in [0.4, 0.5) is 0 Å². The Morgan fingerprint density at radius 3 is 2.67 bits per heavy atom. The molecular formula is C26H31N3O4. The largest absolute Gasteiger partial charge is 0.422 e. The van der Waals surface area contributed by atoms with Crippen LogP contribution >= 0.6 is 0 Å². The van der Waals surface area contributed by atoms with E-state index >= 15 is 0 Å². The molecule has 1 aromatic carbocycles. The Balaban J connectivity index is 1.10. The SMILES string of the molecule is CC12CC3CC(C)(C1)CC(OCCNC(=O)Cn1ncc4c(=O)oc5ccccc5c41)(C3)C2. The number of para-hydroxylation sites is 1. The molecule has 4 saturated carbocycles. The average molecular weight is 450 g/mol. The molecule has 2 heterocycles. The minimum atomic E-state index is -0.443. The number of benzene rings is 1. The zero-order valence-electron chi connectivity index (χ0n) is 19.4. The first-order valence-electron chi connectivity index (χ1n) is 12.0. The van der Waals surface area contributed by atoms with Crippen LogP contribution in [0.3, 0.4) is 0 Å². The lowest BCUT2D eigenvalue weighted by molar-refractivity contribution is -0.213. The van der Waals surface area contributed by atoms with E-state index in [4.69, 9.17) is 9.15 Å². The summed E-state index contributed by atoms with van der Waals surface area (Å²) in [5, 5.41) is 8.41. The summed E-state index contributed by atoms with van der Waals surface area (Å²) in [4.78, 5) is 24.9. The van der Waals surface area contributed by atoms with Gasteiger partial charge in [-0.25, -0.2) is 4.79 Å². The summed E-state index contributed by atoms with van der Waals surface area (Å²) in [6, 6.07) is 7.31. The number of nitrogens with zero attached hydrogens (tertiary/aromatic N) is 2. The van der Waals surface area contributed by atoms with Crippen LogP contribution < -0.4 is 10.9 Å². The monoisotopic (exact) mass is 449 g/mol. The van der Waals surface area contributed by atoms with Gasteiger partial charge in [0.05, 0.1) is 23.9 Å². The van der Waals surface area contributed by atoms with Crippen LogP contribution in [-0.2, 0) is 16.1 Å². The number of amides is 1. The molecule has 174 valence electrons. The van der Waals surface area contributed by atoms with E-state index in [2.05, 4.69) is 24.3 Å². The second-order valence-corrected chi connectivity index (χ2v) is 11.5. The first-order chi connectivity index (χ1) is 15.8. The third-order valence-electron chi connectivity index (χ3n) is 8.11. The molecule has 4 bridgehead atoms. The summed E-state index contributed by atoms with van der Waals surface area (Å²) in [7, 11) is 0. The van der Waals surface area contributed by atoms with Crippen molar-refractivity contribution in [1.29, 1.82) is 0 Å². The van der Waals surface area contributed by atoms with Crippen molar-refractivity contribution in [3.63, 3.8) is 0 Å². The molecule has 1 amide bonds. The van der Waals surface area contributed by atoms with E-state index < -0.39 is 5.63 Å². The summed E-state index contributed by atoms with van der Waals surface area (Å²) in [5.41, 5.74) is 1.48. The molecule has 0 aliphatic heterocycles. The summed E-state index contributed by atoms with van der Waals surface area (Å²) in [5.74, 6) is 0.636. The van der Waals surface area contributed by atoms with E-state index in [1.54, 1.807) is 10.7 Å². The molecule has 7 heteroatoms. The third-order valence-corrected chi connectivity index (χ3v) is 8.11. The summed E-state index contributed by atoms with van der Waals surface area (Å²) in [6.45, 7) is 5.92. The fourth-order valence-corrected chi connectivity index (χ4v) is 8.00. The van der Waals surface area contributed by atoms with Gasteiger partial charge < -0.3 is 14.5 Å². The molecule has 0 spiro atoms. The second-order valence-electron chi connectivity index (χ2n) is 11.5. The normalized spacial score (nSPS) is 32.6. The van der Waals surface area contributed by atoms with Gasteiger partial charge in [-0.1, -0.05) is 26.0 Å². The number of rotatable bonds is 6. The Bertz CT molecular complexity index is 1290. The number of fused-ring (bicyclic) bond motifs is 3. The molecule has 0 radical (unpaired) electrons. The molecule has 2 unspecified atom stereocenters. The summed E-state index contributed by atoms with van der Waals surface area (Å²) >= 11 is 0. The summed E-state index contributed by atoms with van der Waals surface area (Å²) < 4.78 is 13.4. The molecule has 33 heavy (non-hydrogen) atoms. The minimum absolute atomic E-state index is 0.0151. The van der Waals surface area contributed by atoms with E-state index in [0.29, 0.717) is 40.5 Å². The molecule has 1 N–H and O–H groups in total. The van der Waals surface area contributed by atoms with Gasteiger partial charge in [0.1, 0.15) is 17.5 Å². The van der Waals surface area contributed by atoms with E-state index in [1.807, 2.05) is 18.2 Å². The van der Waals surface area contributed by atoms with Gasteiger partial charge in [0.2, 0.25) is 5.91 Å². The number of ether oxygens (including phenoxy) is 1. The maximum absolute atomic E-state index is 12.7. The van der Waals surface area contributed by atoms with Gasteiger partial charge in [-0.15, -0.1) is 0 Å². The van der Waals surface area contributed by atoms with Crippen molar-refractivity contribution in [1.82, 2.24) is 15.1 Å². The standard InChI is InChI=1S/C26H31N3O4/c1-24-9-17-10-25(2,14-24)16-26(11-17,15-24)32-8-7-27-21(30)13-29-22-18-5-3-4-6-20(18)33-23(31)19(22)12-28-29/h3-6,12,17H,7-11,13-16H2,1-2H3,(H,27,30). The molecule has 4 aliphatic rings. The predicted molar refractivity (Wildman–Crippen MR) is 125 cm³/mol. The fraction of sp³-hybridized carbons (Fsp3) is 0.577. The van der Waals surface area contributed by atoms with Gasteiger partial charge in [-0.3, -0.25) is 9.48 Å².